The monoisotopic (exact) mass is 499 g/mol. The first-order valence-corrected chi connectivity index (χ1v) is 12.5. The van der Waals surface area contributed by atoms with Gasteiger partial charge in [0, 0.05) is 36.3 Å². The molecular weight excluding hydrogens is 469 g/mol. The molecule has 7 heteroatoms. The number of benzene rings is 3. The lowest BCUT2D eigenvalue weighted by molar-refractivity contribution is -0.115. The highest BCUT2D eigenvalue weighted by Gasteiger charge is 2.30. The zero-order valence-electron chi connectivity index (χ0n) is 20.8. The number of hydrogen-bond acceptors (Lipinski definition) is 3. The van der Waals surface area contributed by atoms with Crippen molar-refractivity contribution in [2.45, 2.75) is 38.3 Å². The summed E-state index contributed by atoms with van der Waals surface area (Å²) in [5.74, 6) is -0.692. The highest BCUT2D eigenvalue weighted by Crippen LogP contribution is 2.27. The molecule has 0 bridgehead atoms. The van der Waals surface area contributed by atoms with Crippen LogP contribution in [0.25, 0.3) is 10.9 Å². The van der Waals surface area contributed by atoms with Crippen LogP contribution in [-0.4, -0.2) is 35.1 Å². The Hall–Kier alpha value is -3.97. The van der Waals surface area contributed by atoms with Gasteiger partial charge in [-0.15, -0.1) is 0 Å². The Labute approximate surface area is 215 Å². The molecule has 2 N–H and O–H groups in total. The third-order valence-corrected chi connectivity index (χ3v) is 6.80. The number of carbonyl (C=O) groups excluding carboxylic acids is 2. The van der Waals surface area contributed by atoms with Crippen LogP contribution in [0, 0.1) is 5.82 Å². The summed E-state index contributed by atoms with van der Waals surface area (Å²) in [4.78, 5) is 25.9. The van der Waals surface area contributed by atoms with E-state index >= 15 is 0 Å². The van der Waals surface area contributed by atoms with Gasteiger partial charge in [0.15, 0.2) is 0 Å². The number of amides is 2. The lowest BCUT2D eigenvalue weighted by Gasteiger charge is -2.23. The Balaban J connectivity index is 1.39. The molecule has 1 aliphatic rings. The zero-order chi connectivity index (χ0) is 25.8. The van der Waals surface area contributed by atoms with Crippen LogP contribution >= 0.6 is 0 Å². The molecule has 2 heterocycles. The predicted octanol–water partition coefficient (Wildman–Crippen LogP) is 5.31. The summed E-state index contributed by atoms with van der Waals surface area (Å²) in [6.45, 7) is 3.73. The molecule has 1 atom stereocenters. The molecule has 3 aromatic carbocycles. The highest BCUT2D eigenvalue weighted by molar-refractivity contribution is 6.01. The minimum Gasteiger partial charge on any atom is -0.373 e. The third kappa shape index (κ3) is 5.89. The molecule has 1 aliphatic heterocycles. The van der Waals surface area contributed by atoms with Gasteiger partial charge < -0.3 is 19.9 Å². The number of fused-ring (bicyclic) bond motifs is 1. The molecule has 4 aromatic rings. The number of rotatable bonds is 8. The van der Waals surface area contributed by atoms with E-state index in [9.17, 15) is 14.0 Å². The maximum Gasteiger partial charge on any atom is 0.268 e. The topological polar surface area (TPSA) is 72.4 Å². The lowest BCUT2D eigenvalue weighted by atomic mass is 10.0. The number of aromatic nitrogens is 1. The molecule has 1 fully saturated rings. The van der Waals surface area contributed by atoms with Crippen molar-refractivity contribution in [2.24, 2.45) is 0 Å². The minimum absolute atomic E-state index is 0.141. The summed E-state index contributed by atoms with van der Waals surface area (Å²) in [6, 6.07) is 23.4. The Morgan fingerprint density at radius 2 is 1.78 bits per heavy atom. The van der Waals surface area contributed by atoms with E-state index in [1.165, 1.54) is 12.1 Å². The van der Waals surface area contributed by atoms with Crippen molar-refractivity contribution in [3.8, 4) is 0 Å². The SMILES string of the molecule is CC1(CNC(=O)c2cc3cc(NC(=O)Cc4ccc(F)cc4)ccc3n2Cc2ccccc2)CCCO1. The van der Waals surface area contributed by atoms with Gasteiger partial charge in [-0.25, -0.2) is 4.39 Å². The minimum atomic E-state index is -0.339. The maximum absolute atomic E-state index is 13.3. The third-order valence-electron chi connectivity index (χ3n) is 6.80. The fraction of sp³-hybridized carbons (Fsp3) is 0.267. The fourth-order valence-corrected chi connectivity index (χ4v) is 4.80. The van der Waals surface area contributed by atoms with E-state index in [-0.39, 0.29) is 29.7 Å². The van der Waals surface area contributed by atoms with Crippen molar-refractivity contribution >= 4 is 28.4 Å². The molecule has 1 saturated heterocycles. The summed E-state index contributed by atoms with van der Waals surface area (Å²) in [5, 5.41) is 6.83. The van der Waals surface area contributed by atoms with Crippen LogP contribution < -0.4 is 10.6 Å². The van der Waals surface area contributed by atoms with Crippen LogP contribution in [0.4, 0.5) is 10.1 Å². The molecule has 0 radical (unpaired) electrons. The standard InChI is InChI=1S/C30H30FN3O3/c1-30(14-5-15-37-30)20-32-29(36)27-18-23-17-25(33-28(35)16-21-8-10-24(31)11-9-21)12-13-26(23)34(27)19-22-6-3-2-4-7-22/h2-4,6-13,17-18H,5,14-16,19-20H2,1H3,(H,32,36)(H,33,35). The van der Waals surface area contributed by atoms with Crippen molar-refractivity contribution < 1.29 is 18.7 Å². The summed E-state index contributed by atoms with van der Waals surface area (Å²) in [6.07, 6.45) is 2.05. The molecule has 37 heavy (non-hydrogen) atoms. The molecule has 1 aromatic heterocycles. The van der Waals surface area contributed by atoms with Crippen LogP contribution in [0.15, 0.2) is 78.9 Å². The molecule has 0 spiro atoms. The fourth-order valence-electron chi connectivity index (χ4n) is 4.80. The lowest BCUT2D eigenvalue weighted by Crippen LogP contribution is -2.40. The van der Waals surface area contributed by atoms with Crippen LogP contribution in [0.5, 0.6) is 0 Å². The van der Waals surface area contributed by atoms with Gasteiger partial charge in [0.05, 0.1) is 12.0 Å². The molecule has 190 valence electrons. The van der Waals surface area contributed by atoms with E-state index in [4.69, 9.17) is 4.74 Å². The number of anilines is 1. The Bertz CT molecular complexity index is 1410. The van der Waals surface area contributed by atoms with Gasteiger partial charge in [-0.3, -0.25) is 9.59 Å². The normalized spacial score (nSPS) is 17.1. The van der Waals surface area contributed by atoms with Crippen molar-refractivity contribution in [2.75, 3.05) is 18.5 Å². The second-order valence-corrected chi connectivity index (χ2v) is 9.81. The van der Waals surface area contributed by atoms with Crippen molar-refractivity contribution in [3.05, 3.63) is 102 Å². The molecule has 6 nitrogen and oxygen atoms in total. The summed E-state index contributed by atoms with van der Waals surface area (Å²) >= 11 is 0. The van der Waals surface area contributed by atoms with E-state index in [0.29, 0.717) is 24.5 Å². The van der Waals surface area contributed by atoms with E-state index in [0.717, 1.165) is 41.5 Å². The molecule has 0 saturated carbocycles. The van der Waals surface area contributed by atoms with E-state index in [1.807, 2.05) is 66.1 Å². The number of ether oxygens (including phenoxy) is 1. The summed E-state index contributed by atoms with van der Waals surface area (Å²) in [5.41, 5.74) is 3.55. The Morgan fingerprint density at radius 1 is 1.00 bits per heavy atom. The zero-order valence-corrected chi connectivity index (χ0v) is 20.8. The first-order valence-electron chi connectivity index (χ1n) is 12.5. The van der Waals surface area contributed by atoms with Crippen molar-refractivity contribution in [1.29, 1.82) is 0 Å². The van der Waals surface area contributed by atoms with Crippen LogP contribution in [0.3, 0.4) is 0 Å². The molecule has 5 rings (SSSR count). The van der Waals surface area contributed by atoms with Gasteiger partial charge in [-0.2, -0.15) is 0 Å². The largest absolute Gasteiger partial charge is 0.373 e. The van der Waals surface area contributed by atoms with E-state index in [2.05, 4.69) is 10.6 Å². The van der Waals surface area contributed by atoms with Crippen molar-refractivity contribution in [3.63, 3.8) is 0 Å². The molecule has 1 unspecified atom stereocenters. The molecular formula is C30H30FN3O3. The Morgan fingerprint density at radius 3 is 2.51 bits per heavy atom. The van der Waals surface area contributed by atoms with Gasteiger partial charge in [0.25, 0.3) is 5.91 Å². The van der Waals surface area contributed by atoms with Crippen LogP contribution in [0.1, 0.15) is 41.4 Å². The first-order chi connectivity index (χ1) is 17.9. The quantitative estimate of drug-likeness (QED) is 0.345. The average molecular weight is 500 g/mol. The maximum atomic E-state index is 13.3. The van der Waals surface area contributed by atoms with Gasteiger partial charge in [-0.05, 0) is 67.3 Å². The van der Waals surface area contributed by atoms with E-state index < -0.39 is 0 Å². The first kappa shape index (κ1) is 24.7. The number of hydrogen-bond donors (Lipinski definition) is 2. The van der Waals surface area contributed by atoms with Crippen LogP contribution in [-0.2, 0) is 22.5 Å². The van der Waals surface area contributed by atoms with Crippen molar-refractivity contribution in [1.82, 2.24) is 9.88 Å². The number of carbonyl (C=O) groups is 2. The Kier molecular flexibility index (Phi) is 7.06. The van der Waals surface area contributed by atoms with Crippen LogP contribution in [0.2, 0.25) is 0 Å². The molecule has 2 amide bonds. The van der Waals surface area contributed by atoms with E-state index in [1.54, 1.807) is 12.1 Å². The average Bonchev–Trinajstić information content (AvgIpc) is 3.48. The number of nitrogens with one attached hydrogen (secondary N) is 2. The van der Waals surface area contributed by atoms with Gasteiger partial charge in [0.2, 0.25) is 5.91 Å². The van der Waals surface area contributed by atoms with Gasteiger partial charge in [0.1, 0.15) is 11.5 Å². The van der Waals surface area contributed by atoms with Gasteiger partial charge in [-0.1, -0.05) is 42.5 Å². The highest BCUT2D eigenvalue weighted by atomic mass is 19.1. The smallest absolute Gasteiger partial charge is 0.268 e. The second kappa shape index (κ2) is 10.6. The summed E-state index contributed by atoms with van der Waals surface area (Å²) in [7, 11) is 0. The predicted molar refractivity (Wildman–Crippen MR) is 142 cm³/mol. The number of nitrogens with zero attached hydrogens (tertiary/aromatic N) is 1. The van der Waals surface area contributed by atoms with Gasteiger partial charge >= 0.3 is 0 Å². The number of halogens is 1. The molecule has 0 aliphatic carbocycles. The second-order valence-electron chi connectivity index (χ2n) is 9.81. The summed E-state index contributed by atoms with van der Waals surface area (Å²) < 4.78 is 21.0.